The Bertz CT molecular complexity index is 2500. The second-order valence-electron chi connectivity index (χ2n) is 13.1. The lowest BCUT2D eigenvalue weighted by Crippen LogP contribution is -2.54. The average Bonchev–Trinajstić information content (AvgIpc) is 3.39. The van der Waals surface area contributed by atoms with E-state index in [2.05, 4.69) is 153 Å². The first-order valence-corrected chi connectivity index (χ1v) is 16.0. The van der Waals surface area contributed by atoms with Gasteiger partial charge in [0, 0.05) is 16.8 Å². The molecule has 0 N–H and O–H groups in total. The summed E-state index contributed by atoms with van der Waals surface area (Å²) in [6.45, 7) is 6.90. The predicted octanol–water partition coefficient (Wildman–Crippen LogP) is 9.46. The molecule has 0 amide bonds. The molecular formula is C43H30BN. The Kier molecular flexibility index (Phi) is 4.93. The number of fused-ring (bicyclic) bond motifs is 5. The molecule has 2 aliphatic heterocycles. The Hall–Kier alpha value is -5.34. The molecule has 1 nitrogen and oxygen atoms in total. The van der Waals surface area contributed by atoms with Crippen molar-refractivity contribution in [2.24, 2.45) is 0 Å². The molecule has 0 aromatic heterocycles. The molecule has 0 aliphatic carbocycles. The summed E-state index contributed by atoms with van der Waals surface area (Å²) in [5.74, 6) is 0. The zero-order chi connectivity index (χ0) is 30.0. The van der Waals surface area contributed by atoms with Crippen molar-refractivity contribution in [2.45, 2.75) is 20.8 Å². The number of rotatable bonds is 2. The van der Waals surface area contributed by atoms with Crippen LogP contribution in [0.25, 0.3) is 54.6 Å². The third kappa shape index (κ3) is 3.29. The van der Waals surface area contributed by atoms with Crippen LogP contribution in [0.5, 0.6) is 0 Å². The second-order valence-corrected chi connectivity index (χ2v) is 13.1. The van der Waals surface area contributed by atoms with Gasteiger partial charge in [0.15, 0.2) is 0 Å². The molecule has 2 heteroatoms. The lowest BCUT2D eigenvalue weighted by atomic mass is 9.37. The fourth-order valence-electron chi connectivity index (χ4n) is 8.84. The summed E-state index contributed by atoms with van der Waals surface area (Å²) in [6, 6.07) is 48.3. The zero-order valence-corrected chi connectivity index (χ0v) is 25.6. The average molecular weight is 572 g/mol. The van der Waals surface area contributed by atoms with Crippen molar-refractivity contribution in [1.82, 2.24) is 0 Å². The Labute approximate surface area is 263 Å². The van der Waals surface area contributed by atoms with Gasteiger partial charge in [0.1, 0.15) is 0 Å². The summed E-state index contributed by atoms with van der Waals surface area (Å²) < 4.78 is 0. The summed E-state index contributed by atoms with van der Waals surface area (Å²) in [5.41, 5.74) is 17.3. The van der Waals surface area contributed by atoms with Gasteiger partial charge in [0.25, 0.3) is 0 Å². The zero-order valence-electron chi connectivity index (χ0n) is 25.6. The van der Waals surface area contributed by atoms with E-state index in [0.29, 0.717) is 0 Å². The van der Waals surface area contributed by atoms with Gasteiger partial charge in [-0.1, -0.05) is 120 Å². The summed E-state index contributed by atoms with van der Waals surface area (Å²) in [4.78, 5) is 2.56. The molecule has 45 heavy (non-hydrogen) atoms. The van der Waals surface area contributed by atoms with E-state index in [1.165, 1.54) is 105 Å². The minimum Gasteiger partial charge on any atom is -0.311 e. The van der Waals surface area contributed by atoms with Crippen LogP contribution in [0.4, 0.5) is 17.1 Å². The van der Waals surface area contributed by atoms with Gasteiger partial charge < -0.3 is 4.90 Å². The molecule has 0 unspecified atom stereocenters. The van der Waals surface area contributed by atoms with Gasteiger partial charge >= 0.3 is 0 Å². The van der Waals surface area contributed by atoms with Crippen LogP contribution < -0.4 is 21.3 Å². The fourth-order valence-corrected chi connectivity index (χ4v) is 8.84. The topological polar surface area (TPSA) is 3.24 Å². The van der Waals surface area contributed by atoms with Crippen LogP contribution >= 0.6 is 0 Å². The highest BCUT2D eigenvalue weighted by Crippen LogP contribution is 2.46. The minimum atomic E-state index is 0.199. The van der Waals surface area contributed by atoms with E-state index in [9.17, 15) is 0 Å². The molecule has 8 aromatic rings. The van der Waals surface area contributed by atoms with Gasteiger partial charge in [0.05, 0.1) is 5.69 Å². The maximum absolute atomic E-state index is 2.56. The van der Waals surface area contributed by atoms with Crippen LogP contribution in [0.1, 0.15) is 16.7 Å². The number of anilines is 3. The van der Waals surface area contributed by atoms with Crippen molar-refractivity contribution in [2.75, 3.05) is 4.90 Å². The number of hydrogen-bond donors (Lipinski definition) is 0. The van der Waals surface area contributed by atoms with Gasteiger partial charge in [-0.3, -0.25) is 0 Å². The van der Waals surface area contributed by atoms with E-state index in [-0.39, 0.29) is 6.71 Å². The third-order valence-electron chi connectivity index (χ3n) is 10.5. The molecule has 0 atom stereocenters. The highest BCUT2D eigenvalue weighted by atomic mass is 15.2. The standard InChI is InChI=1S/C43H30BN/c1-25-22-26(2)40(27(3)23-25)31-18-21-38-36(24-31)44-35-12-5-4-10-32(35)33-11-7-13-39(43(33)44)45(38)37-20-17-30-15-14-28-8-6-9-29-16-19-34(37)42(30)41(28)29/h4-24H,1-3H3. The van der Waals surface area contributed by atoms with Crippen LogP contribution in [0, 0.1) is 20.8 Å². The van der Waals surface area contributed by atoms with E-state index in [1.807, 2.05) is 0 Å². The maximum Gasteiger partial charge on any atom is 0.248 e. The van der Waals surface area contributed by atoms with Crippen molar-refractivity contribution in [3.05, 3.63) is 144 Å². The molecular weight excluding hydrogens is 541 g/mol. The Balaban J connectivity index is 1.30. The molecule has 210 valence electrons. The lowest BCUT2D eigenvalue weighted by molar-refractivity contribution is 1.30. The molecule has 0 saturated heterocycles. The van der Waals surface area contributed by atoms with Crippen LogP contribution in [0.3, 0.4) is 0 Å². The molecule has 2 aliphatic rings. The fraction of sp³-hybridized carbons (Fsp3) is 0.0698. The van der Waals surface area contributed by atoms with E-state index >= 15 is 0 Å². The molecule has 2 heterocycles. The van der Waals surface area contributed by atoms with Crippen molar-refractivity contribution in [3.63, 3.8) is 0 Å². The molecule has 0 bridgehead atoms. The van der Waals surface area contributed by atoms with Gasteiger partial charge in [-0.15, -0.1) is 0 Å². The lowest BCUT2D eigenvalue weighted by Gasteiger charge is -2.37. The van der Waals surface area contributed by atoms with E-state index in [4.69, 9.17) is 0 Å². The van der Waals surface area contributed by atoms with Crippen LogP contribution in [-0.2, 0) is 0 Å². The monoisotopic (exact) mass is 571 g/mol. The van der Waals surface area contributed by atoms with Gasteiger partial charge in [-0.2, -0.15) is 0 Å². The normalized spacial score (nSPS) is 13.1. The van der Waals surface area contributed by atoms with Crippen LogP contribution in [0.15, 0.2) is 127 Å². The molecule has 0 spiro atoms. The highest BCUT2D eigenvalue weighted by molar-refractivity contribution is 7.01. The van der Waals surface area contributed by atoms with Crippen LogP contribution in [0.2, 0.25) is 0 Å². The first-order valence-electron chi connectivity index (χ1n) is 16.0. The Morgan fingerprint density at radius 1 is 0.489 bits per heavy atom. The smallest absolute Gasteiger partial charge is 0.248 e. The Morgan fingerprint density at radius 2 is 1.16 bits per heavy atom. The summed E-state index contributed by atoms with van der Waals surface area (Å²) >= 11 is 0. The predicted molar refractivity (Wildman–Crippen MR) is 195 cm³/mol. The highest BCUT2D eigenvalue weighted by Gasteiger charge is 2.42. The summed E-state index contributed by atoms with van der Waals surface area (Å²) in [6.07, 6.45) is 0. The molecule has 8 aromatic carbocycles. The van der Waals surface area contributed by atoms with Crippen LogP contribution in [-0.4, -0.2) is 6.71 Å². The number of benzene rings is 8. The molecule has 10 rings (SSSR count). The van der Waals surface area contributed by atoms with Crippen molar-refractivity contribution in [3.8, 4) is 22.3 Å². The van der Waals surface area contributed by atoms with Gasteiger partial charge in [0.2, 0.25) is 6.71 Å². The van der Waals surface area contributed by atoms with E-state index in [1.54, 1.807) is 0 Å². The van der Waals surface area contributed by atoms with Gasteiger partial charge in [-0.05, 0) is 110 Å². The molecule has 0 radical (unpaired) electrons. The number of aryl methyl sites for hydroxylation is 3. The van der Waals surface area contributed by atoms with Crippen molar-refractivity contribution in [1.29, 1.82) is 0 Å². The minimum absolute atomic E-state index is 0.199. The largest absolute Gasteiger partial charge is 0.311 e. The summed E-state index contributed by atoms with van der Waals surface area (Å²) in [7, 11) is 0. The van der Waals surface area contributed by atoms with E-state index in [0.717, 1.165) is 0 Å². The maximum atomic E-state index is 2.56. The molecule has 0 saturated carbocycles. The Morgan fingerprint density at radius 3 is 1.98 bits per heavy atom. The SMILES string of the molecule is Cc1cc(C)c(-c2ccc3c(c2)B2c4ccccc4-c4cccc(c42)N3c2ccc3ccc4cccc5ccc2c3c45)c(C)c1. The van der Waals surface area contributed by atoms with Crippen molar-refractivity contribution < 1.29 is 0 Å². The summed E-state index contributed by atoms with van der Waals surface area (Å²) in [5, 5.41) is 7.89. The van der Waals surface area contributed by atoms with Gasteiger partial charge in [-0.25, -0.2) is 0 Å². The first-order chi connectivity index (χ1) is 22.1. The quantitative estimate of drug-likeness (QED) is 0.148. The third-order valence-corrected chi connectivity index (χ3v) is 10.5. The van der Waals surface area contributed by atoms with Crippen molar-refractivity contribution >= 4 is 72.5 Å². The number of hydrogen-bond acceptors (Lipinski definition) is 1. The van der Waals surface area contributed by atoms with E-state index < -0.39 is 0 Å². The number of nitrogens with zero attached hydrogens (tertiary/aromatic N) is 1. The first kappa shape index (κ1) is 25.0. The second kappa shape index (κ2) is 8.86. The molecule has 0 fully saturated rings.